The quantitative estimate of drug-likeness (QED) is 0.139. The molecule has 0 spiro atoms. The molecule has 0 saturated heterocycles. The molecular weight excluding hydrogens is 542 g/mol. The maximum atomic E-state index is 13.4. The van der Waals surface area contributed by atoms with Crippen LogP contribution in [-0.4, -0.2) is 81.2 Å². The van der Waals surface area contributed by atoms with Gasteiger partial charge >= 0.3 is 5.97 Å². The Morgan fingerprint density at radius 2 is 1.39 bits per heavy atom. The molecule has 0 aliphatic rings. The average Bonchev–Trinajstić information content (AvgIpc) is 2.97. The summed E-state index contributed by atoms with van der Waals surface area (Å²) in [4.78, 5) is 24.8. The molecule has 0 aliphatic carbocycles. The topological polar surface area (TPSA) is 138 Å². The van der Waals surface area contributed by atoms with E-state index in [4.69, 9.17) is 47.4 Å². The summed E-state index contributed by atoms with van der Waals surface area (Å²) in [6, 6.07) is 4.80. The summed E-state index contributed by atoms with van der Waals surface area (Å²) in [5, 5.41) is 2.60. The van der Waals surface area contributed by atoms with Gasteiger partial charge in [0.2, 0.25) is 6.41 Å². The number of ether oxygens (including phenoxy) is 10. The Kier molecular flexibility index (Phi) is 14.5. The maximum absolute atomic E-state index is 13.4. The van der Waals surface area contributed by atoms with E-state index in [1.54, 1.807) is 19.1 Å². The predicted octanol–water partition coefficient (Wildman–Crippen LogP) is 3.54. The predicted molar refractivity (Wildman–Crippen MR) is 147 cm³/mol. The molecule has 0 heterocycles. The lowest BCUT2D eigenvalue weighted by Crippen LogP contribution is -2.20. The lowest BCUT2D eigenvalue weighted by Gasteiger charge is -2.23. The first-order valence-corrected chi connectivity index (χ1v) is 12.7. The van der Waals surface area contributed by atoms with Crippen molar-refractivity contribution in [3.05, 3.63) is 34.9 Å². The van der Waals surface area contributed by atoms with E-state index < -0.39 is 12.1 Å². The van der Waals surface area contributed by atoms with Crippen LogP contribution < -0.4 is 29.0 Å². The number of carbonyl (C=O) groups excluding carboxylic acids is 2. The van der Waals surface area contributed by atoms with Crippen LogP contribution in [0.2, 0.25) is 0 Å². The van der Waals surface area contributed by atoms with Crippen LogP contribution in [0.15, 0.2) is 18.2 Å². The highest BCUT2D eigenvalue weighted by Gasteiger charge is 2.26. The minimum atomic E-state index is -0.701. The Balaban J connectivity index is 2.47. The molecule has 2 aromatic rings. The van der Waals surface area contributed by atoms with Crippen molar-refractivity contribution >= 4 is 18.1 Å². The van der Waals surface area contributed by atoms with Crippen molar-refractivity contribution in [1.82, 2.24) is 0 Å². The molecule has 2 rings (SSSR count). The largest absolute Gasteiger partial charge is 0.492 e. The van der Waals surface area contributed by atoms with Crippen LogP contribution in [0.5, 0.6) is 28.7 Å². The van der Waals surface area contributed by atoms with Gasteiger partial charge < -0.3 is 52.7 Å². The Bertz CT molecular complexity index is 1120. The minimum Gasteiger partial charge on any atom is -0.492 e. The summed E-state index contributed by atoms with van der Waals surface area (Å²) in [7, 11) is 7.38. The first-order valence-electron chi connectivity index (χ1n) is 12.7. The van der Waals surface area contributed by atoms with E-state index in [9.17, 15) is 9.59 Å². The number of hydrogen-bond acceptors (Lipinski definition) is 12. The standard InChI is InChI=1S/C28H39NO12/c1-8-19-10-20(24(38-15-33-4)12-23(19)37-14-32-3)28(31)41-18(2)9-21-26(40-17-35-6)22(29-13-30)11-25(27(21)36-7)39-16-34-5/h10-13,18H,8-9,14-17H2,1-7H3,(H,29,30). The number of hydrogen-bond donors (Lipinski definition) is 1. The second-order valence-electron chi connectivity index (χ2n) is 8.46. The summed E-state index contributed by atoms with van der Waals surface area (Å²) in [5.74, 6) is 0.962. The second kappa shape index (κ2) is 17.8. The van der Waals surface area contributed by atoms with Crippen molar-refractivity contribution in [3.8, 4) is 28.7 Å². The second-order valence-corrected chi connectivity index (χ2v) is 8.46. The summed E-state index contributed by atoms with van der Waals surface area (Å²) in [6.45, 7) is 3.38. The smallest absolute Gasteiger partial charge is 0.342 e. The molecule has 2 aromatic carbocycles. The molecule has 13 heteroatoms. The fraction of sp³-hybridized carbons (Fsp3) is 0.500. The van der Waals surface area contributed by atoms with Gasteiger partial charge in [0.1, 0.15) is 23.2 Å². The van der Waals surface area contributed by atoms with Crippen LogP contribution in [-0.2, 0) is 41.3 Å². The van der Waals surface area contributed by atoms with Crippen molar-refractivity contribution in [1.29, 1.82) is 0 Å². The van der Waals surface area contributed by atoms with Crippen molar-refractivity contribution in [2.75, 3.05) is 68.0 Å². The lowest BCUT2D eigenvalue weighted by atomic mass is 10.0. The summed E-state index contributed by atoms with van der Waals surface area (Å²) >= 11 is 0. The first-order chi connectivity index (χ1) is 19.9. The molecule has 1 atom stereocenters. The number of amides is 1. The van der Waals surface area contributed by atoms with Gasteiger partial charge in [0, 0.05) is 52.6 Å². The molecule has 0 fully saturated rings. The van der Waals surface area contributed by atoms with Crippen LogP contribution in [0.1, 0.15) is 35.3 Å². The molecule has 0 bridgehead atoms. The number of carbonyl (C=O) groups is 2. The van der Waals surface area contributed by atoms with E-state index in [2.05, 4.69) is 5.32 Å². The zero-order valence-corrected chi connectivity index (χ0v) is 24.5. The highest BCUT2D eigenvalue weighted by Crippen LogP contribution is 2.44. The SMILES string of the molecule is CCc1cc(C(=O)OC(C)Cc2c(OCOC)c(NC=O)cc(OCOC)c2OC)c(OCOC)cc1OCOC. The number of rotatable bonds is 20. The van der Waals surface area contributed by atoms with Gasteiger partial charge in [-0.15, -0.1) is 0 Å². The fourth-order valence-corrected chi connectivity index (χ4v) is 3.88. The molecule has 1 amide bonds. The zero-order chi connectivity index (χ0) is 30.2. The molecule has 0 aliphatic heterocycles. The van der Waals surface area contributed by atoms with E-state index in [0.29, 0.717) is 35.6 Å². The van der Waals surface area contributed by atoms with Gasteiger partial charge in [0.05, 0.1) is 12.8 Å². The van der Waals surface area contributed by atoms with E-state index in [0.717, 1.165) is 5.56 Å². The lowest BCUT2D eigenvalue weighted by molar-refractivity contribution is -0.105. The van der Waals surface area contributed by atoms with Crippen LogP contribution in [0.4, 0.5) is 5.69 Å². The number of aryl methyl sites for hydroxylation is 1. The van der Waals surface area contributed by atoms with Crippen LogP contribution in [0.25, 0.3) is 0 Å². The van der Waals surface area contributed by atoms with Gasteiger partial charge in [-0.1, -0.05) is 6.92 Å². The number of esters is 1. The molecule has 41 heavy (non-hydrogen) atoms. The van der Waals surface area contributed by atoms with Crippen molar-refractivity contribution < 1.29 is 57.0 Å². The maximum Gasteiger partial charge on any atom is 0.342 e. The van der Waals surface area contributed by atoms with Gasteiger partial charge in [-0.3, -0.25) is 4.79 Å². The van der Waals surface area contributed by atoms with E-state index in [1.165, 1.54) is 41.6 Å². The van der Waals surface area contributed by atoms with E-state index >= 15 is 0 Å². The third-order valence-electron chi connectivity index (χ3n) is 5.59. The summed E-state index contributed by atoms with van der Waals surface area (Å²) in [6.07, 6.45) is 0.502. The third kappa shape index (κ3) is 9.39. The number of anilines is 1. The molecule has 0 radical (unpaired) electrons. The highest BCUT2D eigenvalue weighted by atomic mass is 16.7. The summed E-state index contributed by atoms with van der Waals surface area (Å²) in [5.41, 5.74) is 1.72. The van der Waals surface area contributed by atoms with Gasteiger partial charge in [-0.05, 0) is 25.0 Å². The van der Waals surface area contributed by atoms with Gasteiger partial charge in [0.25, 0.3) is 0 Å². The van der Waals surface area contributed by atoms with E-state index in [-0.39, 0.29) is 56.4 Å². The van der Waals surface area contributed by atoms with Crippen LogP contribution in [0, 0.1) is 0 Å². The number of benzene rings is 2. The molecule has 228 valence electrons. The van der Waals surface area contributed by atoms with Crippen LogP contribution in [0.3, 0.4) is 0 Å². The van der Waals surface area contributed by atoms with Crippen molar-refractivity contribution in [2.45, 2.75) is 32.8 Å². The van der Waals surface area contributed by atoms with Crippen molar-refractivity contribution in [3.63, 3.8) is 0 Å². The van der Waals surface area contributed by atoms with E-state index in [1.807, 2.05) is 6.92 Å². The molecule has 0 saturated carbocycles. The van der Waals surface area contributed by atoms with Crippen LogP contribution >= 0.6 is 0 Å². The van der Waals surface area contributed by atoms with Gasteiger partial charge in [0.15, 0.2) is 44.4 Å². The highest BCUT2D eigenvalue weighted by molar-refractivity contribution is 5.93. The number of methoxy groups -OCH3 is 5. The zero-order valence-electron chi connectivity index (χ0n) is 24.5. The summed E-state index contributed by atoms with van der Waals surface area (Å²) < 4.78 is 54.4. The average molecular weight is 582 g/mol. The Morgan fingerprint density at radius 3 is 1.95 bits per heavy atom. The van der Waals surface area contributed by atoms with Crippen molar-refractivity contribution in [2.24, 2.45) is 0 Å². The fourth-order valence-electron chi connectivity index (χ4n) is 3.88. The Hall–Kier alpha value is -3.78. The molecular formula is C28H39NO12. The molecule has 1 unspecified atom stereocenters. The van der Waals surface area contributed by atoms with Gasteiger partial charge in [-0.2, -0.15) is 0 Å². The monoisotopic (exact) mass is 581 g/mol. The molecule has 1 N–H and O–H groups in total. The third-order valence-corrected chi connectivity index (χ3v) is 5.59. The minimum absolute atomic E-state index is 0.0287. The molecule has 0 aromatic heterocycles. The first kappa shape index (κ1) is 33.4. The Morgan fingerprint density at radius 1 is 0.805 bits per heavy atom. The number of nitrogens with one attached hydrogen (secondary N) is 1. The Labute approximate surface area is 239 Å². The van der Waals surface area contributed by atoms with Gasteiger partial charge in [-0.25, -0.2) is 4.79 Å². The normalized spacial score (nSPS) is 11.4. The molecule has 13 nitrogen and oxygen atoms in total.